The van der Waals surface area contributed by atoms with E-state index in [0.717, 1.165) is 0 Å². The Balaban J connectivity index is 1.83. The van der Waals surface area contributed by atoms with E-state index in [-0.39, 0.29) is 41.1 Å². The molecular formula is C19H24N4O6S2. The van der Waals surface area contributed by atoms with E-state index in [0.29, 0.717) is 11.4 Å². The molecule has 168 valence electrons. The molecule has 0 saturated carbocycles. The van der Waals surface area contributed by atoms with Gasteiger partial charge in [-0.3, -0.25) is 9.59 Å². The van der Waals surface area contributed by atoms with Crippen LogP contribution < -0.4 is 20.1 Å². The number of amides is 2. The molecule has 2 amide bonds. The van der Waals surface area contributed by atoms with Crippen molar-refractivity contribution in [2.45, 2.75) is 30.1 Å². The molecule has 0 radical (unpaired) electrons. The Kier molecular flexibility index (Phi) is 8.28. The summed E-state index contributed by atoms with van der Waals surface area (Å²) in [6, 6.07) is 11.3. The van der Waals surface area contributed by atoms with Crippen molar-refractivity contribution in [3.05, 3.63) is 48.5 Å². The highest BCUT2D eigenvalue weighted by Gasteiger charge is 2.15. The maximum absolute atomic E-state index is 12.3. The molecule has 0 unspecified atom stereocenters. The molecule has 0 aliphatic carbocycles. The van der Waals surface area contributed by atoms with Gasteiger partial charge in [0, 0.05) is 38.3 Å². The molecule has 12 heteroatoms. The topological polar surface area (TPSA) is 151 Å². The van der Waals surface area contributed by atoms with Crippen LogP contribution in [0, 0.1) is 0 Å². The Morgan fingerprint density at radius 1 is 0.645 bits per heavy atom. The van der Waals surface area contributed by atoms with Crippen LogP contribution in [0.5, 0.6) is 0 Å². The zero-order valence-electron chi connectivity index (χ0n) is 17.0. The van der Waals surface area contributed by atoms with Crippen LogP contribution in [0.2, 0.25) is 0 Å². The summed E-state index contributed by atoms with van der Waals surface area (Å²) in [5.41, 5.74) is 0.955. The third kappa shape index (κ3) is 7.75. The summed E-state index contributed by atoms with van der Waals surface area (Å²) in [6.45, 7) is 2.75. The average Bonchev–Trinajstić information content (AvgIpc) is 2.67. The second-order valence-corrected chi connectivity index (χ2v) is 10.1. The highest BCUT2D eigenvalue weighted by Crippen LogP contribution is 2.15. The van der Waals surface area contributed by atoms with E-state index in [4.69, 9.17) is 0 Å². The molecule has 10 nitrogen and oxygen atoms in total. The van der Waals surface area contributed by atoms with Gasteiger partial charge < -0.3 is 10.6 Å². The second kappa shape index (κ2) is 10.5. The lowest BCUT2D eigenvalue weighted by Crippen LogP contribution is -2.30. The van der Waals surface area contributed by atoms with Gasteiger partial charge in [0.05, 0.1) is 9.79 Å². The van der Waals surface area contributed by atoms with Crippen LogP contribution in [-0.2, 0) is 29.6 Å². The van der Waals surface area contributed by atoms with Crippen LogP contribution in [-0.4, -0.2) is 41.7 Å². The number of carbonyl (C=O) groups excluding carboxylic acids is 2. The van der Waals surface area contributed by atoms with Crippen molar-refractivity contribution >= 4 is 43.2 Å². The lowest BCUT2D eigenvalue weighted by atomic mass is 10.3. The quantitative estimate of drug-likeness (QED) is 0.385. The van der Waals surface area contributed by atoms with E-state index in [1.54, 1.807) is 0 Å². The van der Waals surface area contributed by atoms with E-state index in [1.165, 1.54) is 62.4 Å². The third-order valence-electron chi connectivity index (χ3n) is 3.91. The number of carbonyl (C=O) groups is 2. The first-order valence-electron chi connectivity index (χ1n) is 9.24. The number of hydrogen-bond donors (Lipinski definition) is 4. The van der Waals surface area contributed by atoms with Crippen LogP contribution in [0.3, 0.4) is 0 Å². The number of sulfonamides is 2. The highest BCUT2D eigenvalue weighted by atomic mass is 32.2. The SMILES string of the molecule is CC(=O)Nc1ccc(S(=O)(=O)NCCCNS(=O)(=O)c2ccc(NC(C)=O)cc2)cc1. The fourth-order valence-electron chi connectivity index (χ4n) is 2.51. The largest absolute Gasteiger partial charge is 0.326 e. The summed E-state index contributed by atoms with van der Waals surface area (Å²) in [4.78, 5) is 22.1. The maximum atomic E-state index is 12.3. The molecule has 31 heavy (non-hydrogen) atoms. The lowest BCUT2D eigenvalue weighted by Gasteiger charge is -2.10. The minimum atomic E-state index is -3.76. The molecule has 0 bridgehead atoms. The Morgan fingerprint density at radius 3 is 1.26 bits per heavy atom. The molecule has 0 aliphatic heterocycles. The van der Waals surface area contributed by atoms with Crippen LogP contribution in [0.1, 0.15) is 20.3 Å². The van der Waals surface area contributed by atoms with Crippen molar-refractivity contribution in [2.75, 3.05) is 23.7 Å². The van der Waals surface area contributed by atoms with Gasteiger partial charge >= 0.3 is 0 Å². The Morgan fingerprint density at radius 2 is 0.968 bits per heavy atom. The van der Waals surface area contributed by atoms with Gasteiger partial charge in [-0.1, -0.05) is 0 Å². The molecule has 0 aliphatic rings. The van der Waals surface area contributed by atoms with Crippen molar-refractivity contribution in [1.29, 1.82) is 0 Å². The van der Waals surface area contributed by atoms with Crippen molar-refractivity contribution in [3.8, 4) is 0 Å². The summed E-state index contributed by atoms with van der Waals surface area (Å²) in [5, 5.41) is 5.09. The highest BCUT2D eigenvalue weighted by molar-refractivity contribution is 7.89. The molecule has 2 rings (SSSR count). The molecule has 0 atom stereocenters. The minimum absolute atomic E-state index is 0.0275. The van der Waals surface area contributed by atoms with Gasteiger partial charge in [-0.05, 0) is 55.0 Å². The molecule has 2 aromatic rings. The smallest absolute Gasteiger partial charge is 0.240 e. The fourth-order valence-corrected chi connectivity index (χ4v) is 4.66. The third-order valence-corrected chi connectivity index (χ3v) is 6.86. The van der Waals surface area contributed by atoms with Crippen molar-refractivity contribution in [3.63, 3.8) is 0 Å². The molecule has 0 heterocycles. The number of benzene rings is 2. The standard InChI is InChI=1S/C19H24N4O6S2/c1-14(24)22-16-4-8-18(9-5-16)30(26,27)20-12-3-13-21-31(28,29)19-10-6-17(7-11-19)23-15(2)25/h4-11,20-21H,3,12-13H2,1-2H3,(H,22,24)(H,23,25). The van der Waals surface area contributed by atoms with Crippen LogP contribution in [0.4, 0.5) is 11.4 Å². The first kappa shape index (κ1) is 24.5. The molecule has 0 spiro atoms. The number of hydrogen-bond acceptors (Lipinski definition) is 6. The van der Waals surface area contributed by atoms with Crippen LogP contribution in [0.15, 0.2) is 58.3 Å². The van der Waals surface area contributed by atoms with Gasteiger partial charge in [-0.15, -0.1) is 0 Å². The molecule has 4 N–H and O–H groups in total. The number of anilines is 2. The summed E-state index contributed by atoms with van der Waals surface area (Å²) in [5.74, 6) is -0.528. The summed E-state index contributed by atoms with van der Waals surface area (Å²) >= 11 is 0. The Labute approximate surface area is 181 Å². The molecule has 0 saturated heterocycles. The van der Waals surface area contributed by atoms with E-state index in [1.807, 2.05) is 0 Å². The monoisotopic (exact) mass is 468 g/mol. The summed E-state index contributed by atoms with van der Waals surface area (Å²) in [6.07, 6.45) is 0.229. The minimum Gasteiger partial charge on any atom is -0.326 e. The second-order valence-electron chi connectivity index (χ2n) is 6.56. The molecule has 0 aromatic heterocycles. The van der Waals surface area contributed by atoms with Gasteiger partial charge in [0.1, 0.15) is 0 Å². The number of rotatable bonds is 10. The van der Waals surface area contributed by atoms with Gasteiger partial charge in [0.2, 0.25) is 31.9 Å². The first-order chi connectivity index (χ1) is 14.5. The molecular weight excluding hydrogens is 444 g/mol. The van der Waals surface area contributed by atoms with Crippen molar-refractivity contribution in [2.24, 2.45) is 0 Å². The summed E-state index contributed by atoms with van der Waals surface area (Å²) < 4.78 is 53.9. The van der Waals surface area contributed by atoms with Gasteiger partial charge in [0.15, 0.2) is 0 Å². The maximum Gasteiger partial charge on any atom is 0.240 e. The molecule has 2 aromatic carbocycles. The zero-order valence-corrected chi connectivity index (χ0v) is 18.6. The lowest BCUT2D eigenvalue weighted by molar-refractivity contribution is -0.115. The van der Waals surface area contributed by atoms with Gasteiger partial charge in [-0.25, -0.2) is 26.3 Å². The zero-order chi connectivity index (χ0) is 23.1. The van der Waals surface area contributed by atoms with Gasteiger partial charge in [-0.2, -0.15) is 0 Å². The predicted molar refractivity (Wildman–Crippen MR) is 116 cm³/mol. The first-order valence-corrected chi connectivity index (χ1v) is 12.2. The van der Waals surface area contributed by atoms with Crippen molar-refractivity contribution < 1.29 is 26.4 Å². The average molecular weight is 469 g/mol. The predicted octanol–water partition coefficient (Wildman–Crippen LogP) is 1.25. The van der Waals surface area contributed by atoms with Gasteiger partial charge in [0.25, 0.3) is 0 Å². The van der Waals surface area contributed by atoms with Crippen LogP contribution in [0.25, 0.3) is 0 Å². The summed E-state index contributed by atoms with van der Waals surface area (Å²) in [7, 11) is -7.53. The van der Waals surface area contributed by atoms with Crippen molar-refractivity contribution in [1.82, 2.24) is 9.44 Å². The van der Waals surface area contributed by atoms with Crippen LogP contribution >= 0.6 is 0 Å². The Hall–Kier alpha value is -2.80. The van der Waals surface area contributed by atoms with E-state index < -0.39 is 20.0 Å². The van der Waals surface area contributed by atoms with E-state index >= 15 is 0 Å². The fraction of sp³-hybridized carbons (Fsp3) is 0.263. The van der Waals surface area contributed by atoms with E-state index in [2.05, 4.69) is 20.1 Å². The molecule has 0 fully saturated rings. The Bertz CT molecular complexity index is 1040. The normalized spacial score (nSPS) is 11.7. The van der Waals surface area contributed by atoms with E-state index in [9.17, 15) is 26.4 Å². The number of nitrogens with one attached hydrogen (secondary N) is 4.